The molecule has 0 N–H and O–H groups in total. The predicted octanol–water partition coefficient (Wildman–Crippen LogP) is 3.44. The van der Waals surface area contributed by atoms with Gasteiger partial charge in [0.2, 0.25) is 0 Å². The van der Waals surface area contributed by atoms with Crippen LogP contribution in [-0.4, -0.2) is 34.5 Å². The van der Waals surface area contributed by atoms with E-state index in [2.05, 4.69) is 27.0 Å². The maximum absolute atomic E-state index is 4.68. The van der Waals surface area contributed by atoms with Crippen LogP contribution in [0.2, 0.25) is 0 Å². The Morgan fingerprint density at radius 1 is 1.10 bits per heavy atom. The van der Waals surface area contributed by atoms with Crippen LogP contribution in [0.4, 0.5) is 0 Å². The average molecular weight is 267 g/mol. The second-order valence-corrected chi connectivity index (χ2v) is 5.42. The standard InChI is InChI=1S/C17H21N3/c1-14-15(8-4-5-11-20-12-6-7-13-20)19-17-10-3-2-9-16(17)18-14/h2-4,8-10H,5-7,11-13H2,1H3. The van der Waals surface area contributed by atoms with Crippen molar-refractivity contribution in [2.75, 3.05) is 19.6 Å². The van der Waals surface area contributed by atoms with Crippen LogP contribution in [0, 0.1) is 6.92 Å². The Bertz CT molecular complexity index is 613. The molecule has 2 aromatic rings. The summed E-state index contributed by atoms with van der Waals surface area (Å²) in [6.07, 6.45) is 8.15. The topological polar surface area (TPSA) is 29.0 Å². The SMILES string of the molecule is Cc1nc2ccccc2nc1C=CCCN1CCCC1. The molecule has 1 aliphatic rings. The first-order valence-electron chi connectivity index (χ1n) is 7.45. The van der Waals surface area contributed by atoms with Crippen LogP contribution in [0.25, 0.3) is 17.1 Å². The van der Waals surface area contributed by atoms with Crippen molar-refractivity contribution in [3.05, 3.63) is 41.7 Å². The Morgan fingerprint density at radius 2 is 1.80 bits per heavy atom. The minimum absolute atomic E-state index is 0.970. The number of para-hydroxylation sites is 2. The van der Waals surface area contributed by atoms with Gasteiger partial charge in [-0.05, 0) is 57.5 Å². The molecule has 1 fully saturated rings. The van der Waals surface area contributed by atoms with Gasteiger partial charge in [0.05, 0.1) is 22.4 Å². The lowest BCUT2D eigenvalue weighted by Crippen LogP contribution is -2.19. The summed E-state index contributed by atoms with van der Waals surface area (Å²) in [5.41, 5.74) is 3.93. The molecule has 0 spiro atoms. The lowest BCUT2D eigenvalue weighted by molar-refractivity contribution is 0.346. The van der Waals surface area contributed by atoms with Crippen molar-refractivity contribution in [2.45, 2.75) is 26.2 Å². The number of rotatable bonds is 4. The molecule has 3 nitrogen and oxygen atoms in total. The second kappa shape index (κ2) is 6.14. The van der Waals surface area contributed by atoms with Gasteiger partial charge in [-0.1, -0.05) is 18.2 Å². The Labute approximate surface area is 120 Å². The van der Waals surface area contributed by atoms with Crippen LogP contribution in [0.5, 0.6) is 0 Å². The minimum Gasteiger partial charge on any atom is -0.303 e. The van der Waals surface area contributed by atoms with E-state index < -0.39 is 0 Å². The third kappa shape index (κ3) is 3.05. The molecule has 3 heteroatoms. The van der Waals surface area contributed by atoms with Crippen molar-refractivity contribution in [1.82, 2.24) is 14.9 Å². The van der Waals surface area contributed by atoms with Gasteiger partial charge < -0.3 is 4.90 Å². The number of fused-ring (bicyclic) bond motifs is 1. The Balaban J connectivity index is 1.68. The van der Waals surface area contributed by atoms with Gasteiger partial charge in [0.15, 0.2) is 0 Å². The van der Waals surface area contributed by atoms with E-state index in [1.54, 1.807) is 0 Å². The van der Waals surface area contributed by atoms with Gasteiger partial charge in [-0.2, -0.15) is 0 Å². The molecule has 0 amide bonds. The van der Waals surface area contributed by atoms with E-state index in [4.69, 9.17) is 0 Å². The van der Waals surface area contributed by atoms with Crippen molar-refractivity contribution in [1.29, 1.82) is 0 Å². The van der Waals surface area contributed by atoms with Crippen molar-refractivity contribution in [3.8, 4) is 0 Å². The van der Waals surface area contributed by atoms with Crippen LogP contribution < -0.4 is 0 Å². The molecule has 104 valence electrons. The first kappa shape index (κ1) is 13.3. The molecule has 0 aliphatic carbocycles. The molecule has 1 aromatic heterocycles. The normalized spacial score (nSPS) is 16.4. The molecule has 0 saturated carbocycles. The van der Waals surface area contributed by atoms with E-state index in [0.717, 1.165) is 35.4 Å². The zero-order valence-corrected chi connectivity index (χ0v) is 12.0. The number of aromatic nitrogens is 2. The summed E-state index contributed by atoms with van der Waals surface area (Å²) in [5.74, 6) is 0. The summed E-state index contributed by atoms with van der Waals surface area (Å²) in [4.78, 5) is 11.8. The van der Waals surface area contributed by atoms with E-state index in [1.165, 1.54) is 25.9 Å². The van der Waals surface area contributed by atoms with Crippen LogP contribution in [0.15, 0.2) is 30.3 Å². The van der Waals surface area contributed by atoms with Crippen molar-refractivity contribution in [2.24, 2.45) is 0 Å². The van der Waals surface area contributed by atoms with Gasteiger partial charge in [0.1, 0.15) is 0 Å². The summed E-state index contributed by atoms with van der Waals surface area (Å²) >= 11 is 0. The van der Waals surface area contributed by atoms with Crippen molar-refractivity contribution in [3.63, 3.8) is 0 Å². The summed E-state index contributed by atoms with van der Waals surface area (Å²) in [5, 5.41) is 0. The van der Waals surface area contributed by atoms with Crippen LogP contribution in [0.1, 0.15) is 30.7 Å². The Hall–Kier alpha value is -1.74. The summed E-state index contributed by atoms with van der Waals surface area (Å²) < 4.78 is 0. The van der Waals surface area contributed by atoms with E-state index in [1.807, 2.05) is 31.2 Å². The number of benzene rings is 1. The van der Waals surface area contributed by atoms with Gasteiger partial charge in [0, 0.05) is 6.54 Å². The fraction of sp³-hybridized carbons (Fsp3) is 0.412. The summed E-state index contributed by atoms with van der Waals surface area (Å²) in [6.45, 7) is 5.72. The lowest BCUT2D eigenvalue weighted by Gasteiger charge is -2.12. The van der Waals surface area contributed by atoms with E-state index in [9.17, 15) is 0 Å². The highest BCUT2D eigenvalue weighted by atomic mass is 15.1. The lowest BCUT2D eigenvalue weighted by atomic mass is 10.2. The molecule has 1 saturated heterocycles. The molecule has 2 heterocycles. The molecule has 0 unspecified atom stereocenters. The van der Waals surface area contributed by atoms with Gasteiger partial charge >= 0.3 is 0 Å². The van der Waals surface area contributed by atoms with Crippen LogP contribution in [-0.2, 0) is 0 Å². The number of hydrogen-bond acceptors (Lipinski definition) is 3. The Kier molecular flexibility index (Phi) is 4.07. The average Bonchev–Trinajstić information content (AvgIpc) is 2.97. The fourth-order valence-electron chi connectivity index (χ4n) is 2.72. The van der Waals surface area contributed by atoms with Gasteiger partial charge in [0.25, 0.3) is 0 Å². The maximum Gasteiger partial charge on any atom is 0.0894 e. The summed E-state index contributed by atoms with van der Waals surface area (Å²) in [7, 11) is 0. The molecule has 1 aliphatic heterocycles. The molecular weight excluding hydrogens is 246 g/mol. The second-order valence-electron chi connectivity index (χ2n) is 5.42. The third-order valence-corrected chi connectivity index (χ3v) is 3.87. The summed E-state index contributed by atoms with van der Waals surface area (Å²) in [6, 6.07) is 8.04. The first-order valence-corrected chi connectivity index (χ1v) is 7.45. The molecule has 1 aromatic carbocycles. The number of hydrogen-bond donors (Lipinski definition) is 0. The zero-order chi connectivity index (χ0) is 13.8. The quantitative estimate of drug-likeness (QED) is 0.849. The van der Waals surface area contributed by atoms with Gasteiger partial charge in [-0.25, -0.2) is 9.97 Å². The van der Waals surface area contributed by atoms with E-state index in [0.29, 0.717) is 0 Å². The Morgan fingerprint density at radius 3 is 2.55 bits per heavy atom. The molecule has 0 atom stereocenters. The van der Waals surface area contributed by atoms with E-state index in [-0.39, 0.29) is 0 Å². The highest BCUT2D eigenvalue weighted by Crippen LogP contribution is 2.14. The largest absolute Gasteiger partial charge is 0.303 e. The van der Waals surface area contributed by atoms with E-state index >= 15 is 0 Å². The molecular formula is C17H21N3. The molecule has 20 heavy (non-hydrogen) atoms. The highest BCUT2D eigenvalue weighted by molar-refractivity contribution is 5.75. The zero-order valence-electron chi connectivity index (χ0n) is 12.0. The number of aryl methyl sites for hydroxylation is 1. The fourth-order valence-corrected chi connectivity index (χ4v) is 2.72. The smallest absolute Gasteiger partial charge is 0.0894 e. The monoisotopic (exact) mass is 267 g/mol. The molecule has 0 radical (unpaired) electrons. The third-order valence-electron chi connectivity index (χ3n) is 3.87. The van der Waals surface area contributed by atoms with Crippen LogP contribution in [0.3, 0.4) is 0 Å². The van der Waals surface area contributed by atoms with Gasteiger partial charge in [-0.15, -0.1) is 0 Å². The highest BCUT2D eigenvalue weighted by Gasteiger charge is 2.09. The first-order chi connectivity index (χ1) is 9.83. The molecule has 3 rings (SSSR count). The predicted molar refractivity (Wildman–Crippen MR) is 83.6 cm³/mol. The minimum atomic E-state index is 0.970. The number of likely N-dealkylation sites (tertiary alicyclic amines) is 1. The maximum atomic E-state index is 4.68. The van der Waals surface area contributed by atoms with Crippen molar-refractivity contribution < 1.29 is 0 Å². The number of nitrogens with zero attached hydrogens (tertiary/aromatic N) is 3. The van der Waals surface area contributed by atoms with Crippen molar-refractivity contribution >= 4 is 17.1 Å². The molecule has 0 bridgehead atoms. The van der Waals surface area contributed by atoms with Crippen LogP contribution >= 0.6 is 0 Å². The van der Waals surface area contributed by atoms with Gasteiger partial charge in [-0.3, -0.25) is 0 Å².